The highest BCUT2D eigenvalue weighted by Crippen LogP contribution is 2.40. The van der Waals surface area contributed by atoms with Crippen LogP contribution in [0.1, 0.15) is 27.2 Å². The van der Waals surface area contributed by atoms with Crippen LogP contribution in [-0.2, 0) is 6.18 Å². The van der Waals surface area contributed by atoms with Crippen molar-refractivity contribution in [1.82, 2.24) is 4.98 Å². The van der Waals surface area contributed by atoms with Crippen LogP contribution in [0.3, 0.4) is 0 Å². The second-order valence-corrected chi connectivity index (χ2v) is 7.12. The van der Waals surface area contributed by atoms with Crippen molar-refractivity contribution < 1.29 is 31.8 Å². The van der Waals surface area contributed by atoms with E-state index >= 15 is 0 Å². The van der Waals surface area contributed by atoms with Crippen molar-refractivity contribution in [2.45, 2.75) is 20.0 Å². The Bertz CT molecular complexity index is 1200. The monoisotopic (exact) mass is 463 g/mol. The molecule has 0 radical (unpaired) electrons. The third-order valence-corrected chi connectivity index (χ3v) is 4.87. The zero-order chi connectivity index (χ0) is 24.3. The van der Waals surface area contributed by atoms with Crippen LogP contribution in [0.15, 0.2) is 42.5 Å². The van der Waals surface area contributed by atoms with E-state index in [4.69, 9.17) is 9.47 Å². The molecule has 10 heteroatoms. The fraction of sp³-hybridized carbons (Fsp3) is 0.217. The van der Waals surface area contributed by atoms with Gasteiger partial charge in [-0.15, -0.1) is 0 Å². The standard InChI is InChI=1S/C23H21F4N3O3/c1-12-9-14(24)5-6-17(12)29-19-11-16(23(25,26)27)20(32-3)10-15(19)22(31)30-18-7-8-21(33-4)28-13(18)2/h5-11,29H,1-4H3,(H,30,31). The molecule has 1 aromatic heterocycles. The van der Waals surface area contributed by atoms with E-state index in [0.29, 0.717) is 28.5 Å². The van der Waals surface area contributed by atoms with Crippen molar-refractivity contribution in [2.75, 3.05) is 24.9 Å². The molecule has 0 saturated heterocycles. The van der Waals surface area contributed by atoms with Crippen LogP contribution >= 0.6 is 0 Å². The molecular weight excluding hydrogens is 442 g/mol. The second-order valence-electron chi connectivity index (χ2n) is 7.12. The van der Waals surface area contributed by atoms with Gasteiger partial charge in [-0.25, -0.2) is 9.37 Å². The first-order valence-corrected chi connectivity index (χ1v) is 9.69. The lowest BCUT2D eigenvalue weighted by Crippen LogP contribution is -2.17. The van der Waals surface area contributed by atoms with Crippen molar-refractivity contribution in [1.29, 1.82) is 0 Å². The number of carbonyl (C=O) groups excluding carboxylic acids is 1. The number of nitrogens with one attached hydrogen (secondary N) is 2. The molecule has 0 atom stereocenters. The normalized spacial score (nSPS) is 11.2. The molecule has 0 bridgehead atoms. The van der Waals surface area contributed by atoms with Gasteiger partial charge in [-0.3, -0.25) is 4.79 Å². The van der Waals surface area contributed by atoms with Gasteiger partial charge in [-0.05, 0) is 55.8 Å². The minimum atomic E-state index is -4.73. The lowest BCUT2D eigenvalue weighted by Gasteiger charge is -2.19. The van der Waals surface area contributed by atoms with Gasteiger partial charge in [0.1, 0.15) is 11.6 Å². The fourth-order valence-corrected chi connectivity index (χ4v) is 3.15. The number of hydrogen-bond acceptors (Lipinski definition) is 5. The van der Waals surface area contributed by atoms with Gasteiger partial charge in [0.05, 0.1) is 42.4 Å². The van der Waals surface area contributed by atoms with Crippen molar-refractivity contribution in [3.05, 3.63) is 70.7 Å². The Morgan fingerprint density at radius 2 is 1.64 bits per heavy atom. The molecule has 0 aliphatic carbocycles. The van der Waals surface area contributed by atoms with Crippen molar-refractivity contribution in [3.63, 3.8) is 0 Å². The molecule has 0 saturated carbocycles. The first kappa shape index (κ1) is 23.8. The summed E-state index contributed by atoms with van der Waals surface area (Å²) in [6, 6.07) is 8.66. The van der Waals surface area contributed by atoms with E-state index in [1.165, 1.54) is 25.3 Å². The number of methoxy groups -OCH3 is 2. The average molecular weight is 463 g/mol. The number of halogens is 4. The van der Waals surface area contributed by atoms with Crippen molar-refractivity contribution in [3.8, 4) is 11.6 Å². The largest absolute Gasteiger partial charge is 0.496 e. The summed E-state index contributed by atoms with van der Waals surface area (Å²) in [7, 11) is 2.53. The molecule has 0 aliphatic heterocycles. The number of pyridine rings is 1. The molecule has 1 amide bonds. The fourth-order valence-electron chi connectivity index (χ4n) is 3.15. The summed E-state index contributed by atoms with van der Waals surface area (Å²) < 4.78 is 64.3. The SMILES string of the molecule is COc1ccc(NC(=O)c2cc(OC)c(C(F)(F)F)cc2Nc2ccc(F)cc2C)c(C)n1. The highest BCUT2D eigenvalue weighted by atomic mass is 19.4. The Morgan fingerprint density at radius 1 is 0.939 bits per heavy atom. The van der Waals surface area contributed by atoms with Crippen LogP contribution in [-0.4, -0.2) is 25.1 Å². The number of rotatable bonds is 6. The molecular formula is C23H21F4N3O3. The summed E-state index contributed by atoms with van der Waals surface area (Å²) in [5.74, 6) is -1.36. The third-order valence-electron chi connectivity index (χ3n) is 4.87. The molecule has 0 spiro atoms. The number of aryl methyl sites for hydroxylation is 2. The maximum atomic E-state index is 13.6. The number of ether oxygens (including phenoxy) is 2. The van der Waals surface area contributed by atoms with Gasteiger partial charge in [0.2, 0.25) is 5.88 Å². The highest BCUT2D eigenvalue weighted by Gasteiger charge is 2.36. The van der Waals surface area contributed by atoms with E-state index in [9.17, 15) is 22.4 Å². The maximum absolute atomic E-state index is 13.6. The zero-order valence-corrected chi connectivity index (χ0v) is 18.2. The lowest BCUT2D eigenvalue weighted by atomic mass is 10.0. The summed E-state index contributed by atoms with van der Waals surface area (Å²) in [6.45, 7) is 3.23. The van der Waals surface area contributed by atoms with Gasteiger partial charge in [-0.1, -0.05) is 0 Å². The lowest BCUT2D eigenvalue weighted by molar-refractivity contribution is -0.138. The molecule has 0 aliphatic rings. The maximum Gasteiger partial charge on any atom is 0.420 e. The first-order valence-electron chi connectivity index (χ1n) is 9.69. The van der Waals surface area contributed by atoms with Gasteiger partial charge in [0, 0.05) is 11.8 Å². The summed E-state index contributed by atoms with van der Waals surface area (Å²) >= 11 is 0. The minimum absolute atomic E-state index is 0.112. The second kappa shape index (κ2) is 9.35. The topological polar surface area (TPSA) is 72.5 Å². The molecule has 0 fully saturated rings. The van der Waals surface area contributed by atoms with Gasteiger partial charge in [0.25, 0.3) is 5.91 Å². The van der Waals surface area contributed by atoms with Gasteiger partial charge < -0.3 is 20.1 Å². The quantitative estimate of drug-likeness (QED) is 0.448. The molecule has 2 aromatic carbocycles. The van der Waals surface area contributed by atoms with E-state index in [1.807, 2.05) is 0 Å². The van der Waals surface area contributed by atoms with E-state index in [2.05, 4.69) is 15.6 Å². The van der Waals surface area contributed by atoms with E-state index in [0.717, 1.165) is 25.3 Å². The predicted octanol–water partition coefficient (Wildman–Crippen LogP) is 5.87. The molecule has 3 rings (SSSR count). The van der Waals surface area contributed by atoms with E-state index in [-0.39, 0.29) is 11.3 Å². The summed E-state index contributed by atoms with van der Waals surface area (Å²) in [5.41, 5.74) is 0.278. The van der Waals surface area contributed by atoms with Crippen LogP contribution in [0.25, 0.3) is 0 Å². The zero-order valence-electron chi connectivity index (χ0n) is 18.2. The van der Waals surface area contributed by atoms with E-state index < -0.39 is 29.2 Å². The molecule has 0 unspecified atom stereocenters. The minimum Gasteiger partial charge on any atom is -0.496 e. The Balaban J connectivity index is 2.08. The summed E-state index contributed by atoms with van der Waals surface area (Å²) in [4.78, 5) is 17.3. The predicted molar refractivity (Wildman–Crippen MR) is 116 cm³/mol. The highest BCUT2D eigenvalue weighted by molar-refractivity contribution is 6.09. The smallest absolute Gasteiger partial charge is 0.420 e. The first-order chi connectivity index (χ1) is 15.5. The van der Waals surface area contributed by atoms with E-state index in [1.54, 1.807) is 19.9 Å². The molecule has 6 nitrogen and oxygen atoms in total. The number of aromatic nitrogens is 1. The molecule has 3 aromatic rings. The molecule has 2 N–H and O–H groups in total. The molecule has 174 valence electrons. The Kier molecular flexibility index (Phi) is 6.75. The van der Waals surface area contributed by atoms with Crippen molar-refractivity contribution in [2.24, 2.45) is 0 Å². The van der Waals surface area contributed by atoms with Crippen LogP contribution in [0.2, 0.25) is 0 Å². The van der Waals surface area contributed by atoms with Crippen LogP contribution in [0, 0.1) is 19.7 Å². The van der Waals surface area contributed by atoms with Crippen LogP contribution < -0.4 is 20.1 Å². The molecule has 1 heterocycles. The Labute approximate surface area is 187 Å². The number of carbonyl (C=O) groups is 1. The van der Waals surface area contributed by atoms with Gasteiger partial charge in [0.15, 0.2) is 0 Å². The number of anilines is 3. The van der Waals surface area contributed by atoms with Crippen LogP contribution in [0.4, 0.5) is 34.6 Å². The Hall–Kier alpha value is -3.82. The number of alkyl halides is 3. The number of nitrogens with zero attached hydrogens (tertiary/aromatic N) is 1. The van der Waals surface area contributed by atoms with Crippen molar-refractivity contribution >= 4 is 23.0 Å². The van der Waals surface area contributed by atoms with Gasteiger partial charge in [-0.2, -0.15) is 13.2 Å². The number of hydrogen-bond donors (Lipinski definition) is 2. The molecule has 33 heavy (non-hydrogen) atoms. The number of benzene rings is 2. The van der Waals surface area contributed by atoms with Gasteiger partial charge >= 0.3 is 6.18 Å². The van der Waals surface area contributed by atoms with Crippen LogP contribution in [0.5, 0.6) is 11.6 Å². The average Bonchev–Trinajstić information content (AvgIpc) is 2.75. The number of amides is 1. The summed E-state index contributed by atoms with van der Waals surface area (Å²) in [6.07, 6.45) is -4.73. The Morgan fingerprint density at radius 3 is 2.21 bits per heavy atom. The summed E-state index contributed by atoms with van der Waals surface area (Å²) in [5, 5.41) is 5.46. The third kappa shape index (κ3) is 5.33.